The SMILES string of the molecule is CC1(C)c2cc(Br)c3cccc4c3c2-c2c(cc(Br)c3cccc1c23)C4(C)C. The van der Waals surface area contributed by atoms with Gasteiger partial charge in [0.1, 0.15) is 0 Å². The fraction of sp³-hybridized carbons (Fsp3) is 0.231. The van der Waals surface area contributed by atoms with E-state index in [-0.39, 0.29) is 10.8 Å². The first-order valence-electron chi connectivity index (χ1n) is 9.77. The lowest BCUT2D eigenvalue weighted by molar-refractivity contribution is 0.627. The molecule has 28 heavy (non-hydrogen) atoms. The van der Waals surface area contributed by atoms with Crippen molar-refractivity contribution >= 4 is 53.4 Å². The van der Waals surface area contributed by atoms with E-state index in [0.717, 1.165) is 0 Å². The smallest absolute Gasteiger partial charge is 0.0257 e. The quantitative estimate of drug-likeness (QED) is 0.231. The molecule has 0 fully saturated rings. The Kier molecular flexibility index (Phi) is 3.14. The third kappa shape index (κ3) is 1.78. The van der Waals surface area contributed by atoms with Gasteiger partial charge in [0, 0.05) is 19.8 Å². The second-order valence-corrected chi connectivity index (χ2v) is 11.0. The standard InChI is InChI=1S/C26H20Br2/c1-25(2)15-9-5-7-13-20(28)12-18-24(21(13)15)23-17(25)11-19(27)14-8-6-10-16(22(14)23)26(18,3)4/h5-12H,1-4H3. The molecule has 0 unspecified atom stereocenters. The molecule has 0 saturated carbocycles. The van der Waals surface area contributed by atoms with E-state index >= 15 is 0 Å². The molecule has 0 atom stereocenters. The lowest BCUT2D eigenvalue weighted by Crippen LogP contribution is -2.30. The minimum atomic E-state index is -0.0504. The predicted molar refractivity (Wildman–Crippen MR) is 127 cm³/mol. The number of benzene rings is 4. The molecule has 6 rings (SSSR count). The molecule has 0 nitrogen and oxygen atoms in total. The minimum absolute atomic E-state index is 0.0504. The van der Waals surface area contributed by atoms with Crippen LogP contribution in [-0.4, -0.2) is 0 Å². The van der Waals surface area contributed by atoms with Crippen LogP contribution in [0.4, 0.5) is 0 Å². The zero-order chi connectivity index (χ0) is 19.6. The molecule has 4 aromatic rings. The highest BCUT2D eigenvalue weighted by Crippen LogP contribution is 2.60. The normalized spacial score (nSPS) is 17.5. The van der Waals surface area contributed by atoms with E-state index in [4.69, 9.17) is 0 Å². The molecule has 0 N–H and O–H groups in total. The van der Waals surface area contributed by atoms with Gasteiger partial charge in [0.25, 0.3) is 0 Å². The summed E-state index contributed by atoms with van der Waals surface area (Å²) in [6.07, 6.45) is 0. The molecule has 2 heteroatoms. The largest absolute Gasteiger partial charge is 0.0613 e. The van der Waals surface area contributed by atoms with Crippen molar-refractivity contribution < 1.29 is 0 Å². The van der Waals surface area contributed by atoms with Gasteiger partial charge in [-0.3, -0.25) is 0 Å². The van der Waals surface area contributed by atoms with E-state index in [1.54, 1.807) is 0 Å². The highest BCUT2D eigenvalue weighted by molar-refractivity contribution is 9.11. The van der Waals surface area contributed by atoms with Crippen LogP contribution in [-0.2, 0) is 10.8 Å². The van der Waals surface area contributed by atoms with E-state index in [2.05, 4.69) is 108 Å². The second-order valence-electron chi connectivity index (χ2n) is 9.27. The second kappa shape index (κ2) is 5.09. The summed E-state index contributed by atoms with van der Waals surface area (Å²) in [6, 6.07) is 18.3. The van der Waals surface area contributed by atoms with Gasteiger partial charge in [-0.05, 0) is 67.1 Å². The number of rotatable bonds is 0. The van der Waals surface area contributed by atoms with Crippen molar-refractivity contribution in [1.82, 2.24) is 0 Å². The summed E-state index contributed by atoms with van der Waals surface area (Å²) in [4.78, 5) is 0. The Balaban J connectivity index is 2.03. The van der Waals surface area contributed by atoms with Gasteiger partial charge in [-0.15, -0.1) is 0 Å². The van der Waals surface area contributed by atoms with Crippen molar-refractivity contribution in [2.75, 3.05) is 0 Å². The van der Waals surface area contributed by atoms with E-state index in [0.29, 0.717) is 0 Å². The van der Waals surface area contributed by atoms with Gasteiger partial charge in [-0.25, -0.2) is 0 Å². The maximum atomic E-state index is 3.90. The van der Waals surface area contributed by atoms with E-state index in [9.17, 15) is 0 Å². The molecule has 0 heterocycles. The van der Waals surface area contributed by atoms with Crippen molar-refractivity contribution in [2.24, 2.45) is 0 Å². The van der Waals surface area contributed by atoms with Crippen LogP contribution < -0.4 is 0 Å². The average molecular weight is 492 g/mol. The van der Waals surface area contributed by atoms with Crippen LogP contribution in [0.25, 0.3) is 32.7 Å². The highest BCUT2D eigenvalue weighted by Gasteiger charge is 2.42. The van der Waals surface area contributed by atoms with Crippen LogP contribution in [0.15, 0.2) is 57.5 Å². The molecule has 2 aliphatic carbocycles. The monoisotopic (exact) mass is 490 g/mol. The number of halogens is 2. The molecule has 138 valence electrons. The van der Waals surface area contributed by atoms with Crippen molar-refractivity contribution in [2.45, 2.75) is 38.5 Å². The van der Waals surface area contributed by atoms with Gasteiger partial charge in [0.15, 0.2) is 0 Å². The Bertz CT molecular complexity index is 1270. The molecule has 0 amide bonds. The first-order chi connectivity index (χ1) is 13.2. The van der Waals surface area contributed by atoms with Gasteiger partial charge >= 0.3 is 0 Å². The zero-order valence-corrected chi connectivity index (χ0v) is 19.5. The van der Waals surface area contributed by atoms with Crippen LogP contribution >= 0.6 is 31.9 Å². The van der Waals surface area contributed by atoms with Crippen LogP contribution in [0.5, 0.6) is 0 Å². The van der Waals surface area contributed by atoms with Gasteiger partial charge in [-0.2, -0.15) is 0 Å². The summed E-state index contributed by atoms with van der Waals surface area (Å²) in [5.74, 6) is 0. The van der Waals surface area contributed by atoms with E-state index < -0.39 is 0 Å². The van der Waals surface area contributed by atoms with E-state index in [1.165, 1.54) is 63.9 Å². The molecular weight excluding hydrogens is 472 g/mol. The lowest BCUT2D eigenvalue weighted by Gasteiger charge is -2.43. The Labute approximate surface area is 182 Å². The Hall–Kier alpha value is -1.64. The fourth-order valence-corrected chi connectivity index (χ4v) is 6.82. The van der Waals surface area contributed by atoms with Crippen LogP contribution in [0.2, 0.25) is 0 Å². The summed E-state index contributed by atoms with van der Waals surface area (Å²) in [5.41, 5.74) is 8.51. The molecular formula is C26H20Br2. The summed E-state index contributed by atoms with van der Waals surface area (Å²) in [5, 5.41) is 5.49. The molecule has 4 aromatic carbocycles. The lowest BCUT2D eigenvalue weighted by atomic mass is 9.60. The summed E-state index contributed by atoms with van der Waals surface area (Å²) < 4.78 is 2.39. The first-order valence-corrected chi connectivity index (χ1v) is 11.4. The maximum Gasteiger partial charge on any atom is 0.0257 e. The van der Waals surface area contributed by atoms with Crippen molar-refractivity contribution in [3.05, 3.63) is 79.7 Å². The molecule has 0 aliphatic heterocycles. The molecule has 2 aliphatic rings. The molecule has 0 radical (unpaired) electrons. The van der Waals surface area contributed by atoms with E-state index in [1.807, 2.05) is 0 Å². The Morgan fingerprint density at radius 2 is 0.964 bits per heavy atom. The molecule has 0 spiro atoms. The van der Waals surface area contributed by atoms with Crippen molar-refractivity contribution in [3.63, 3.8) is 0 Å². The van der Waals surface area contributed by atoms with Crippen molar-refractivity contribution in [1.29, 1.82) is 0 Å². The predicted octanol–water partition coefficient (Wildman–Crippen LogP) is 8.46. The summed E-state index contributed by atoms with van der Waals surface area (Å²) >= 11 is 7.80. The molecule has 0 aromatic heterocycles. The third-order valence-corrected chi connectivity index (χ3v) is 8.48. The maximum absolute atomic E-state index is 3.90. The average Bonchev–Trinajstić information content (AvgIpc) is 2.66. The van der Waals surface area contributed by atoms with Crippen LogP contribution in [0.3, 0.4) is 0 Å². The Morgan fingerprint density at radius 1 is 0.571 bits per heavy atom. The third-order valence-electron chi connectivity index (χ3n) is 7.17. The summed E-state index contributed by atoms with van der Waals surface area (Å²) in [7, 11) is 0. The van der Waals surface area contributed by atoms with Gasteiger partial charge in [0.2, 0.25) is 0 Å². The van der Waals surface area contributed by atoms with Gasteiger partial charge in [0.05, 0.1) is 0 Å². The van der Waals surface area contributed by atoms with Gasteiger partial charge in [-0.1, -0.05) is 96.0 Å². The first kappa shape index (κ1) is 17.2. The number of hydrogen-bond acceptors (Lipinski definition) is 0. The summed E-state index contributed by atoms with van der Waals surface area (Å²) in [6.45, 7) is 9.49. The minimum Gasteiger partial charge on any atom is -0.0613 e. The molecule has 0 saturated heterocycles. The van der Waals surface area contributed by atoms with Crippen LogP contribution in [0, 0.1) is 0 Å². The van der Waals surface area contributed by atoms with Crippen LogP contribution in [0.1, 0.15) is 49.9 Å². The zero-order valence-electron chi connectivity index (χ0n) is 16.4. The fourth-order valence-electron chi connectivity index (χ4n) is 5.70. The molecule has 0 bridgehead atoms. The topological polar surface area (TPSA) is 0 Å². The van der Waals surface area contributed by atoms with Crippen molar-refractivity contribution in [3.8, 4) is 11.1 Å². The van der Waals surface area contributed by atoms with Gasteiger partial charge < -0.3 is 0 Å². The highest BCUT2D eigenvalue weighted by atomic mass is 79.9. The number of hydrogen-bond donors (Lipinski definition) is 0. The Morgan fingerprint density at radius 3 is 1.36 bits per heavy atom.